The molecule has 0 spiro atoms. The first-order chi connectivity index (χ1) is 12.2. The largest absolute Gasteiger partial charge is 0.493 e. The van der Waals surface area contributed by atoms with Crippen LogP contribution in [-0.4, -0.2) is 24.4 Å². The van der Waals surface area contributed by atoms with Crippen molar-refractivity contribution in [2.45, 2.75) is 17.0 Å². The van der Waals surface area contributed by atoms with Crippen LogP contribution in [0.2, 0.25) is 0 Å². The van der Waals surface area contributed by atoms with Gasteiger partial charge >= 0.3 is 0 Å². The van der Waals surface area contributed by atoms with Crippen LogP contribution in [0.1, 0.15) is 11.1 Å². The zero-order valence-corrected chi connectivity index (χ0v) is 15.9. The summed E-state index contributed by atoms with van der Waals surface area (Å²) < 4.78 is 11.6. The molecule has 0 aliphatic carbocycles. The standard InChI is InChI=1S/C18H19N3O2S2/c1-12-9-15(22-2)16(23-3)10-13(12)11-24-18-21-20-17(25-18)19-14-7-5-4-6-8-14/h4-10H,11H2,1-3H3,(H,19,20). The van der Waals surface area contributed by atoms with Crippen molar-refractivity contribution in [3.63, 3.8) is 0 Å². The first kappa shape index (κ1) is 17.6. The molecule has 0 saturated heterocycles. The minimum Gasteiger partial charge on any atom is -0.493 e. The molecule has 25 heavy (non-hydrogen) atoms. The fourth-order valence-corrected chi connectivity index (χ4v) is 4.12. The Morgan fingerprint density at radius 1 is 1.04 bits per heavy atom. The van der Waals surface area contributed by atoms with E-state index in [1.165, 1.54) is 5.56 Å². The summed E-state index contributed by atoms with van der Waals surface area (Å²) >= 11 is 3.20. The van der Waals surface area contributed by atoms with E-state index in [4.69, 9.17) is 9.47 Å². The number of anilines is 2. The number of nitrogens with zero attached hydrogens (tertiary/aromatic N) is 2. The van der Waals surface area contributed by atoms with Gasteiger partial charge < -0.3 is 14.8 Å². The van der Waals surface area contributed by atoms with E-state index in [0.717, 1.165) is 38.0 Å². The predicted octanol–water partition coefficient (Wildman–Crippen LogP) is 4.90. The molecule has 0 fully saturated rings. The number of thioether (sulfide) groups is 1. The number of aromatic nitrogens is 2. The smallest absolute Gasteiger partial charge is 0.210 e. The van der Waals surface area contributed by atoms with Gasteiger partial charge in [-0.15, -0.1) is 10.2 Å². The van der Waals surface area contributed by atoms with Crippen molar-refractivity contribution in [3.8, 4) is 11.5 Å². The molecule has 3 aromatic rings. The molecular formula is C18H19N3O2S2. The van der Waals surface area contributed by atoms with E-state index >= 15 is 0 Å². The highest BCUT2D eigenvalue weighted by Gasteiger charge is 2.11. The molecule has 1 N–H and O–H groups in total. The van der Waals surface area contributed by atoms with Crippen molar-refractivity contribution < 1.29 is 9.47 Å². The third-order valence-electron chi connectivity index (χ3n) is 3.62. The maximum Gasteiger partial charge on any atom is 0.210 e. The SMILES string of the molecule is COc1cc(C)c(CSc2nnc(Nc3ccccc3)s2)cc1OC. The topological polar surface area (TPSA) is 56.3 Å². The van der Waals surface area contributed by atoms with Gasteiger partial charge in [0.1, 0.15) is 0 Å². The number of nitrogens with one attached hydrogen (secondary N) is 1. The highest BCUT2D eigenvalue weighted by atomic mass is 32.2. The number of rotatable bonds is 7. The van der Waals surface area contributed by atoms with E-state index in [9.17, 15) is 0 Å². The van der Waals surface area contributed by atoms with Crippen LogP contribution in [0.4, 0.5) is 10.8 Å². The van der Waals surface area contributed by atoms with Gasteiger partial charge in [-0.2, -0.15) is 0 Å². The van der Waals surface area contributed by atoms with Crippen LogP contribution >= 0.6 is 23.1 Å². The van der Waals surface area contributed by atoms with Gasteiger partial charge in [0.25, 0.3) is 0 Å². The molecule has 0 aliphatic heterocycles. The third-order valence-corrected chi connectivity index (χ3v) is 5.65. The zero-order chi connectivity index (χ0) is 17.6. The Hall–Kier alpha value is -2.25. The van der Waals surface area contributed by atoms with Gasteiger partial charge in [-0.25, -0.2) is 0 Å². The molecule has 5 nitrogen and oxygen atoms in total. The van der Waals surface area contributed by atoms with Crippen LogP contribution in [0.15, 0.2) is 46.8 Å². The summed E-state index contributed by atoms with van der Waals surface area (Å²) in [7, 11) is 3.30. The molecule has 0 amide bonds. The van der Waals surface area contributed by atoms with Gasteiger partial charge in [0.15, 0.2) is 15.8 Å². The summed E-state index contributed by atoms with van der Waals surface area (Å²) in [5.74, 6) is 2.29. The molecule has 1 heterocycles. The molecule has 0 radical (unpaired) electrons. The van der Waals surface area contributed by atoms with E-state index in [1.807, 2.05) is 42.5 Å². The summed E-state index contributed by atoms with van der Waals surface area (Å²) in [5.41, 5.74) is 3.36. The molecule has 130 valence electrons. The molecule has 1 aromatic heterocycles. The number of methoxy groups -OCH3 is 2. The van der Waals surface area contributed by atoms with Crippen molar-refractivity contribution in [1.82, 2.24) is 10.2 Å². The van der Waals surface area contributed by atoms with E-state index in [1.54, 1.807) is 37.3 Å². The second-order valence-electron chi connectivity index (χ2n) is 5.29. The second kappa shape index (κ2) is 8.22. The van der Waals surface area contributed by atoms with E-state index < -0.39 is 0 Å². The average molecular weight is 374 g/mol. The summed E-state index contributed by atoms with van der Waals surface area (Å²) in [6.07, 6.45) is 0. The number of para-hydroxylation sites is 1. The van der Waals surface area contributed by atoms with Crippen molar-refractivity contribution in [3.05, 3.63) is 53.6 Å². The van der Waals surface area contributed by atoms with Crippen molar-refractivity contribution in [2.75, 3.05) is 19.5 Å². The molecule has 0 saturated carbocycles. The van der Waals surface area contributed by atoms with Gasteiger partial charge in [-0.05, 0) is 42.3 Å². The number of aryl methyl sites for hydroxylation is 1. The molecule has 0 unspecified atom stereocenters. The van der Waals surface area contributed by atoms with Crippen LogP contribution in [0.5, 0.6) is 11.5 Å². The van der Waals surface area contributed by atoms with Gasteiger partial charge in [0, 0.05) is 11.4 Å². The highest BCUT2D eigenvalue weighted by Crippen LogP contribution is 2.35. The Morgan fingerprint density at radius 2 is 1.76 bits per heavy atom. The predicted molar refractivity (Wildman–Crippen MR) is 103 cm³/mol. The van der Waals surface area contributed by atoms with Crippen molar-refractivity contribution >= 4 is 33.9 Å². The summed E-state index contributed by atoms with van der Waals surface area (Å²) in [6, 6.07) is 14.0. The van der Waals surface area contributed by atoms with Crippen LogP contribution in [0, 0.1) is 6.92 Å². The van der Waals surface area contributed by atoms with Gasteiger partial charge in [0.05, 0.1) is 14.2 Å². The Kier molecular flexibility index (Phi) is 5.78. The first-order valence-corrected chi connectivity index (χ1v) is 9.49. The maximum atomic E-state index is 5.38. The minimum absolute atomic E-state index is 0.743. The maximum absolute atomic E-state index is 5.38. The molecule has 0 atom stereocenters. The molecule has 3 rings (SSSR count). The number of hydrogen-bond donors (Lipinski definition) is 1. The zero-order valence-electron chi connectivity index (χ0n) is 14.3. The second-order valence-corrected chi connectivity index (χ2v) is 7.49. The molecule has 0 bridgehead atoms. The minimum atomic E-state index is 0.743. The molecule has 0 aliphatic rings. The van der Waals surface area contributed by atoms with Crippen molar-refractivity contribution in [1.29, 1.82) is 0 Å². The van der Waals surface area contributed by atoms with E-state index in [-0.39, 0.29) is 0 Å². The van der Waals surface area contributed by atoms with Gasteiger partial charge in [-0.3, -0.25) is 0 Å². The average Bonchev–Trinajstić information content (AvgIpc) is 3.08. The lowest BCUT2D eigenvalue weighted by Crippen LogP contribution is -1.95. The Morgan fingerprint density at radius 3 is 2.48 bits per heavy atom. The summed E-state index contributed by atoms with van der Waals surface area (Å²) in [4.78, 5) is 0. The van der Waals surface area contributed by atoms with Crippen LogP contribution in [0.25, 0.3) is 0 Å². The number of benzene rings is 2. The lowest BCUT2D eigenvalue weighted by atomic mass is 10.1. The van der Waals surface area contributed by atoms with E-state index in [2.05, 4.69) is 22.4 Å². The molecule has 2 aromatic carbocycles. The van der Waals surface area contributed by atoms with Crippen LogP contribution in [-0.2, 0) is 5.75 Å². The fourth-order valence-electron chi connectivity index (χ4n) is 2.28. The Bertz CT molecular complexity index is 838. The Balaban J connectivity index is 1.66. The normalized spacial score (nSPS) is 10.5. The lowest BCUT2D eigenvalue weighted by Gasteiger charge is -2.12. The fraction of sp³-hybridized carbons (Fsp3) is 0.222. The third kappa shape index (κ3) is 4.43. The molecule has 7 heteroatoms. The number of ether oxygens (including phenoxy) is 2. The monoisotopic (exact) mass is 373 g/mol. The first-order valence-electron chi connectivity index (χ1n) is 7.69. The van der Waals surface area contributed by atoms with Gasteiger partial charge in [-0.1, -0.05) is 41.3 Å². The number of hydrogen-bond acceptors (Lipinski definition) is 7. The quantitative estimate of drug-likeness (QED) is 0.595. The van der Waals surface area contributed by atoms with Crippen LogP contribution < -0.4 is 14.8 Å². The van der Waals surface area contributed by atoms with Crippen LogP contribution in [0.3, 0.4) is 0 Å². The summed E-state index contributed by atoms with van der Waals surface area (Å²) in [5, 5.41) is 12.5. The van der Waals surface area contributed by atoms with Gasteiger partial charge in [0.2, 0.25) is 5.13 Å². The van der Waals surface area contributed by atoms with E-state index in [0.29, 0.717) is 0 Å². The summed E-state index contributed by atoms with van der Waals surface area (Å²) in [6.45, 7) is 2.07. The Labute approximate surface area is 155 Å². The van der Waals surface area contributed by atoms with Crippen molar-refractivity contribution in [2.24, 2.45) is 0 Å². The highest BCUT2D eigenvalue weighted by molar-refractivity contribution is 8.00. The molecular weight excluding hydrogens is 354 g/mol. The lowest BCUT2D eigenvalue weighted by molar-refractivity contribution is 0.354.